The van der Waals surface area contributed by atoms with E-state index in [9.17, 15) is 17.6 Å². The maximum Gasteiger partial charge on any atom is 0.419 e. The fourth-order valence-corrected chi connectivity index (χ4v) is 2.01. The van der Waals surface area contributed by atoms with Crippen molar-refractivity contribution in [3.63, 3.8) is 0 Å². The molecule has 2 aromatic rings. The van der Waals surface area contributed by atoms with Gasteiger partial charge in [0.1, 0.15) is 5.82 Å². The summed E-state index contributed by atoms with van der Waals surface area (Å²) in [5.41, 5.74) is -0.117. The van der Waals surface area contributed by atoms with Gasteiger partial charge in [0.25, 0.3) is 0 Å². The molecule has 0 saturated heterocycles. The van der Waals surface area contributed by atoms with Gasteiger partial charge in [-0.05, 0) is 30.3 Å². The van der Waals surface area contributed by atoms with Crippen LogP contribution in [0, 0.1) is 5.82 Å². The maximum absolute atomic E-state index is 13.6. The third-order valence-electron chi connectivity index (χ3n) is 2.92. The molecule has 2 nitrogen and oxygen atoms in total. The molecule has 0 amide bonds. The standard InChI is InChI=1S/C14H13F4NO/c1-2-19-13(10-5-6-20-8-10)9-3-4-11(12(15)7-9)14(16,17)18/h3-8,13,19H,2H2,1H3. The third-order valence-corrected chi connectivity index (χ3v) is 2.92. The summed E-state index contributed by atoms with van der Waals surface area (Å²) in [6, 6.07) is 4.21. The number of hydrogen-bond donors (Lipinski definition) is 1. The van der Waals surface area contributed by atoms with Crippen LogP contribution in [0.4, 0.5) is 17.6 Å². The van der Waals surface area contributed by atoms with E-state index < -0.39 is 23.6 Å². The Morgan fingerprint density at radius 1 is 1.20 bits per heavy atom. The lowest BCUT2D eigenvalue weighted by atomic mass is 9.99. The minimum absolute atomic E-state index is 0.407. The van der Waals surface area contributed by atoms with Crippen molar-refractivity contribution in [1.82, 2.24) is 5.32 Å². The van der Waals surface area contributed by atoms with Crippen molar-refractivity contribution in [3.8, 4) is 0 Å². The molecule has 0 bridgehead atoms. The van der Waals surface area contributed by atoms with Gasteiger partial charge in [0.15, 0.2) is 0 Å². The van der Waals surface area contributed by atoms with Gasteiger partial charge in [-0.1, -0.05) is 13.0 Å². The molecule has 20 heavy (non-hydrogen) atoms. The van der Waals surface area contributed by atoms with Crippen LogP contribution < -0.4 is 5.32 Å². The van der Waals surface area contributed by atoms with Gasteiger partial charge in [-0.2, -0.15) is 13.2 Å². The molecule has 0 aliphatic rings. The number of benzene rings is 1. The molecule has 0 aliphatic carbocycles. The third kappa shape index (κ3) is 3.01. The summed E-state index contributed by atoms with van der Waals surface area (Å²) in [4.78, 5) is 0. The molecule has 2 rings (SSSR count). The quantitative estimate of drug-likeness (QED) is 0.855. The van der Waals surface area contributed by atoms with Crippen molar-refractivity contribution in [2.75, 3.05) is 6.54 Å². The van der Waals surface area contributed by atoms with Crippen molar-refractivity contribution in [1.29, 1.82) is 0 Å². The Balaban J connectivity index is 2.38. The highest BCUT2D eigenvalue weighted by molar-refractivity contribution is 5.33. The summed E-state index contributed by atoms with van der Waals surface area (Å²) in [6.07, 6.45) is -1.76. The van der Waals surface area contributed by atoms with Crippen LogP contribution >= 0.6 is 0 Å². The van der Waals surface area contributed by atoms with E-state index in [-0.39, 0.29) is 0 Å². The molecule has 6 heteroatoms. The SMILES string of the molecule is CCNC(c1ccoc1)c1ccc(C(F)(F)F)c(F)c1. The molecule has 0 saturated carbocycles. The molecule has 1 aromatic heterocycles. The van der Waals surface area contributed by atoms with Crippen molar-refractivity contribution >= 4 is 0 Å². The highest BCUT2D eigenvalue weighted by Gasteiger charge is 2.34. The van der Waals surface area contributed by atoms with Crippen molar-refractivity contribution in [2.24, 2.45) is 0 Å². The van der Waals surface area contributed by atoms with Gasteiger partial charge >= 0.3 is 6.18 Å². The van der Waals surface area contributed by atoms with E-state index in [1.807, 2.05) is 6.92 Å². The van der Waals surface area contributed by atoms with Crippen LogP contribution in [-0.2, 0) is 6.18 Å². The number of alkyl halides is 3. The number of hydrogen-bond acceptors (Lipinski definition) is 2. The zero-order chi connectivity index (χ0) is 14.8. The largest absolute Gasteiger partial charge is 0.472 e. The molecule has 108 valence electrons. The van der Waals surface area contributed by atoms with Crippen LogP contribution in [0.15, 0.2) is 41.2 Å². The Hall–Kier alpha value is -1.82. The van der Waals surface area contributed by atoms with Crippen LogP contribution in [0.3, 0.4) is 0 Å². The molecule has 0 spiro atoms. The van der Waals surface area contributed by atoms with Crippen LogP contribution in [0.5, 0.6) is 0 Å². The molecule has 1 atom stereocenters. The van der Waals surface area contributed by atoms with Crippen LogP contribution in [-0.4, -0.2) is 6.54 Å². The van der Waals surface area contributed by atoms with E-state index in [0.717, 1.165) is 17.7 Å². The maximum atomic E-state index is 13.6. The summed E-state index contributed by atoms with van der Waals surface area (Å²) in [5.74, 6) is -1.28. The van der Waals surface area contributed by atoms with Gasteiger partial charge in [0, 0.05) is 5.56 Å². The Morgan fingerprint density at radius 2 is 1.95 bits per heavy atom. The van der Waals surface area contributed by atoms with E-state index in [2.05, 4.69) is 5.32 Å². The fraction of sp³-hybridized carbons (Fsp3) is 0.286. The van der Waals surface area contributed by atoms with Gasteiger partial charge in [0.05, 0.1) is 24.1 Å². The van der Waals surface area contributed by atoms with Crippen molar-refractivity contribution in [3.05, 3.63) is 59.3 Å². The molecule has 0 aliphatic heterocycles. The summed E-state index contributed by atoms with van der Waals surface area (Å²) < 4.78 is 56.2. The van der Waals surface area contributed by atoms with Crippen LogP contribution in [0.1, 0.15) is 29.7 Å². The average Bonchev–Trinajstić information content (AvgIpc) is 2.87. The minimum atomic E-state index is -4.69. The van der Waals surface area contributed by atoms with Crippen LogP contribution in [0.25, 0.3) is 0 Å². The molecule has 0 radical (unpaired) electrons. The predicted molar refractivity (Wildman–Crippen MR) is 65.6 cm³/mol. The van der Waals surface area contributed by atoms with Gasteiger partial charge in [-0.25, -0.2) is 4.39 Å². The molecule has 1 heterocycles. The highest BCUT2D eigenvalue weighted by Crippen LogP contribution is 2.33. The lowest BCUT2D eigenvalue weighted by Crippen LogP contribution is -2.22. The number of furan rings is 1. The van der Waals surface area contributed by atoms with Gasteiger partial charge in [0.2, 0.25) is 0 Å². The van der Waals surface area contributed by atoms with E-state index in [1.54, 1.807) is 6.07 Å². The van der Waals surface area contributed by atoms with E-state index >= 15 is 0 Å². The zero-order valence-electron chi connectivity index (χ0n) is 10.7. The average molecular weight is 287 g/mol. The Morgan fingerprint density at radius 3 is 2.45 bits per heavy atom. The van der Waals surface area contributed by atoms with Gasteiger partial charge in [-0.3, -0.25) is 0 Å². The first-order valence-corrected chi connectivity index (χ1v) is 6.05. The number of rotatable bonds is 4. The zero-order valence-corrected chi connectivity index (χ0v) is 10.7. The summed E-state index contributed by atoms with van der Waals surface area (Å²) >= 11 is 0. The highest BCUT2D eigenvalue weighted by atomic mass is 19.4. The summed E-state index contributed by atoms with van der Waals surface area (Å²) in [6.45, 7) is 2.44. The number of halogens is 4. The second-order valence-corrected chi connectivity index (χ2v) is 4.28. The van der Waals surface area contributed by atoms with Crippen molar-refractivity contribution in [2.45, 2.75) is 19.1 Å². The molecular formula is C14H13F4NO. The van der Waals surface area contributed by atoms with E-state index in [0.29, 0.717) is 12.1 Å². The van der Waals surface area contributed by atoms with Crippen LogP contribution in [0.2, 0.25) is 0 Å². The van der Waals surface area contributed by atoms with E-state index in [1.165, 1.54) is 18.6 Å². The first-order chi connectivity index (χ1) is 9.43. The second-order valence-electron chi connectivity index (χ2n) is 4.28. The lowest BCUT2D eigenvalue weighted by Gasteiger charge is -2.18. The molecule has 1 unspecified atom stereocenters. The molecular weight excluding hydrogens is 274 g/mol. The summed E-state index contributed by atoms with van der Waals surface area (Å²) in [7, 11) is 0. The molecule has 1 N–H and O–H groups in total. The first-order valence-electron chi connectivity index (χ1n) is 6.05. The minimum Gasteiger partial charge on any atom is -0.472 e. The Kier molecular flexibility index (Phi) is 4.13. The molecule has 1 aromatic carbocycles. The molecule has 0 fully saturated rings. The first kappa shape index (κ1) is 14.6. The lowest BCUT2D eigenvalue weighted by molar-refractivity contribution is -0.140. The second kappa shape index (κ2) is 5.66. The van der Waals surface area contributed by atoms with Gasteiger partial charge < -0.3 is 9.73 Å². The van der Waals surface area contributed by atoms with Crippen molar-refractivity contribution < 1.29 is 22.0 Å². The number of nitrogens with one attached hydrogen (secondary N) is 1. The predicted octanol–water partition coefficient (Wildman–Crippen LogP) is 4.14. The monoisotopic (exact) mass is 287 g/mol. The summed E-state index contributed by atoms with van der Waals surface area (Å²) in [5, 5.41) is 3.08. The normalized spacial score (nSPS) is 13.4. The fourth-order valence-electron chi connectivity index (χ4n) is 2.01. The van der Waals surface area contributed by atoms with E-state index in [4.69, 9.17) is 4.42 Å². The Bertz CT molecular complexity index is 563. The van der Waals surface area contributed by atoms with Gasteiger partial charge in [-0.15, -0.1) is 0 Å². The smallest absolute Gasteiger partial charge is 0.419 e. The topological polar surface area (TPSA) is 25.2 Å². The Labute approximate surface area is 113 Å².